The van der Waals surface area contributed by atoms with Crippen LogP contribution >= 0.6 is 0 Å². The number of hydrogen-bond donors (Lipinski definition) is 1. The van der Waals surface area contributed by atoms with Gasteiger partial charge in [-0.3, -0.25) is 19.3 Å². The first-order valence-corrected chi connectivity index (χ1v) is 9.80. The predicted octanol–water partition coefficient (Wildman–Crippen LogP) is 1.65. The number of aryl methyl sites for hydroxylation is 1. The summed E-state index contributed by atoms with van der Waals surface area (Å²) < 4.78 is 33.4. The molecule has 0 aliphatic carbocycles. The van der Waals surface area contributed by atoms with Gasteiger partial charge < -0.3 is 14.9 Å². The second-order valence-electron chi connectivity index (χ2n) is 7.73. The number of likely N-dealkylation sites (tertiary alicyclic amines) is 1. The molecule has 2 aromatic rings. The molecule has 2 amide bonds. The molecule has 1 N–H and O–H groups in total. The lowest BCUT2D eigenvalue weighted by Gasteiger charge is -2.23. The highest BCUT2D eigenvalue weighted by atomic mass is 19.4. The number of hydrogen-bond acceptors (Lipinski definition) is 5. The number of aliphatic carboxylic acids is 1. The van der Waals surface area contributed by atoms with Gasteiger partial charge in [0.25, 0.3) is 0 Å². The Balaban J connectivity index is 0.000000360. The topological polar surface area (TPSA) is 109 Å². The molecular formula is C20H22F3N5O4. The SMILES string of the molecule is Cn1cc(N2CCC3(CCN(C(=O)Cc4ccccn4)C3)C2=O)cn1.O=C(O)C(F)(F)F. The summed E-state index contributed by atoms with van der Waals surface area (Å²) in [6, 6.07) is 5.57. The lowest BCUT2D eigenvalue weighted by atomic mass is 9.85. The first kappa shape index (κ1) is 23.2. The average molecular weight is 453 g/mol. The van der Waals surface area contributed by atoms with E-state index >= 15 is 0 Å². The predicted molar refractivity (Wildman–Crippen MR) is 105 cm³/mol. The normalized spacial score (nSPS) is 20.4. The third kappa shape index (κ3) is 5.06. The molecule has 12 heteroatoms. The molecule has 0 bridgehead atoms. The van der Waals surface area contributed by atoms with Gasteiger partial charge in [-0.1, -0.05) is 6.07 Å². The van der Waals surface area contributed by atoms with E-state index in [-0.39, 0.29) is 18.2 Å². The second-order valence-corrected chi connectivity index (χ2v) is 7.73. The Morgan fingerprint density at radius 3 is 2.47 bits per heavy atom. The quantitative estimate of drug-likeness (QED) is 0.757. The molecule has 9 nitrogen and oxygen atoms in total. The third-order valence-corrected chi connectivity index (χ3v) is 5.52. The van der Waals surface area contributed by atoms with Crippen molar-refractivity contribution in [3.63, 3.8) is 0 Å². The Morgan fingerprint density at radius 1 is 1.22 bits per heavy atom. The summed E-state index contributed by atoms with van der Waals surface area (Å²) in [5.74, 6) is -2.59. The molecule has 0 saturated carbocycles. The van der Waals surface area contributed by atoms with Crippen molar-refractivity contribution in [2.45, 2.75) is 25.4 Å². The number of anilines is 1. The minimum absolute atomic E-state index is 0.0446. The number of amides is 2. The van der Waals surface area contributed by atoms with Crippen LogP contribution < -0.4 is 4.90 Å². The molecule has 4 rings (SSSR count). The zero-order valence-electron chi connectivity index (χ0n) is 17.2. The maximum Gasteiger partial charge on any atom is 0.490 e. The average Bonchev–Trinajstić information content (AvgIpc) is 3.43. The highest BCUT2D eigenvalue weighted by Crippen LogP contribution is 2.42. The first-order valence-electron chi connectivity index (χ1n) is 9.80. The van der Waals surface area contributed by atoms with Crippen molar-refractivity contribution in [2.24, 2.45) is 12.5 Å². The van der Waals surface area contributed by atoms with Crippen molar-refractivity contribution in [3.05, 3.63) is 42.5 Å². The van der Waals surface area contributed by atoms with Crippen LogP contribution in [0.5, 0.6) is 0 Å². The summed E-state index contributed by atoms with van der Waals surface area (Å²) in [5, 5.41) is 11.3. The summed E-state index contributed by atoms with van der Waals surface area (Å²) in [7, 11) is 1.84. The van der Waals surface area contributed by atoms with Gasteiger partial charge in [0.2, 0.25) is 11.8 Å². The Hall–Kier alpha value is -3.44. The second kappa shape index (κ2) is 8.97. The van der Waals surface area contributed by atoms with E-state index in [1.807, 2.05) is 36.3 Å². The molecule has 4 heterocycles. The third-order valence-electron chi connectivity index (χ3n) is 5.52. The van der Waals surface area contributed by atoms with E-state index in [1.54, 1.807) is 22.0 Å². The van der Waals surface area contributed by atoms with Crippen LogP contribution in [0, 0.1) is 5.41 Å². The fraction of sp³-hybridized carbons (Fsp3) is 0.450. The number of alkyl halides is 3. The minimum atomic E-state index is -5.08. The maximum atomic E-state index is 13.0. The number of carboxylic acid groups (broad SMARTS) is 1. The van der Waals surface area contributed by atoms with Crippen LogP contribution in [0.15, 0.2) is 36.8 Å². The standard InChI is InChI=1S/C18H21N5O2.C2HF3O2/c1-21-12-15(11-20-21)23-9-6-18(17(23)25)5-8-22(13-18)16(24)10-14-4-2-3-7-19-14;3-2(4,5)1(6)7/h2-4,7,11-12H,5-6,8-10,13H2,1H3;(H,6,7). The molecule has 2 aliphatic heterocycles. The van der Waals surface area contributed by atoms with Crippen LogP contribution in [-0.4, -0.2) is 68.4 Å². The molecule has 2 fully saturated rings. The molecular weight excluding hydrogens is 431 g/mol. The van der Waals surface area contributed by atoms with Crippen molar-refractivity contribution in [3.8, 4) is 0 Å². The van der Waals surface area contributed by atoms with Crippen molar-refractivity contribution < 1.29 is 32.7 Å². The fourth-order valence-corrected chi connectivity index (χ4v) is 3.85. The van der Waals surface area contributed by atoms with Gasteiger partial charge in [0.05, 0.1) is 23.7 Å². The number of pyridine rings is 1. The number of carbonyl (C=O) groups is 3. The molecule has 1 spiro atoms. The maximum absolute atomic E-state index is 13.0. The molecule has 0 aromatic carbocycles. The highest BCUT2D eigenvalue weighted by molar-refractivity contribution is 6.00. The zero-order chi connectivity index (χ0) is 23.5. The van der Waals surface area contributed by atoms with Crippen molar-refractivity contribution in [2.75, 3.05) is 24.5 Å². The summed E-state index contributed by atoms with van der Waals surface area (Å²) in [4.78, 5) is 42.3. The van der Waals surface area contributed by atoms with Gasteiger partial charge in [-0.15, -0.1) is 0 Å². The molecule has 0 radical (unpaired) electrons. The highest BCUT2D eigenvalue weighted by Gasteiger charge is 2.52. The molecule has 1 unspecified atom stereocenters. The smallest absolute Gasteiger partial charge is 0.475 e. The fourth-order valence-electron chi connectivity index (χ4n) is 3.85. The molecule has 2 aliphatic rings. The Morgan fingerprint density at radius 2 is 1.91 bits per heavy atom. The van der Waals surface area contributed by atoms with Crippen LogP contribution in [-0.2, 0) is 27.9 Å². The van der Waals surface area contributed by atoms with Crippen LogP contribution in [0.25, 0.3) is 0 Å². The molecule has 2 saturated heterocycles. The van der Waals surface area contributed by atoms with Crippen molar-refractivity contribution in [1.82, 2.24) is 19.7 Å². The Labute approximate surface area is 181 Å². The number of halogens is 3. The monoisotopic (exact) mass is 453 g/mol. The molecule has 172 valence electrons. The Bertz CT molecular complexity index is 995. The van der Waals surface area contributed by atoms with Crippen molar-refractivity contribution >= 4 is 23.5 Å². The van der Waals surface area contributed by atoms with Crippen LogP contribution in [0.4, 0.5) is 18.9 Å². The van der Waals surface area contributed by atoms with Crippen LogP contribution in [0.3, 0.4) is 0 Å². The summed E-state index contributed by atoms with van der Waals surface area (Å²) in [6.07, 6.45) is 1.99. The van der Waals surface area contributed by atoms with Crippen LogP contribution in [0.1, 0.15) is 18.5 Å². The van der Waals surface area contributed by atoms with Gasteiger partial charge in [0.15, 0.2) is 0 Å². The summed E-state index contributed by atoms with van der Waals surface area (Å²) in [6.45, 7) is 1.83. The van der Waals surface area contributed by atoms with E-state index in [2.05, 4.69) is 10.1 Å². The lowest BCUT2D eigenvalue weighted by Crippen LogP contribution is -2.38. The zero-order valence-corrected chi connectivity index (χ0v) is 17.2. The van der Waals surface area contributed by atoms with E-state index in [1.165, 1.54) is 0 Å². The molecule has 32 heavy (non-hydrogen) atoms. The van der Waals surface area contributed by atoms with Gasteiger partial charge >= 0.3 is 12.1 Å². The minimum Gasteiger partial charge on any atom is -0.475 e. The van der Waals surface area contributed by atoms with E-state index in [0.717, 1.165) is 24.2 Å². The first-order chi connectivity index (χ1) is 15.0. The van der Waals surface area contributed by atoms with Gasteiger partial charge in [-0.25, -0.2) is 4.79 Å². The number of nitrogens with zero attached hydrogens (tertiary/aromatic N) is 5. The molecule has 1 atom stereocenters. The van der Waals surface area contributed by atoms with E-state index in [4.69, 9.17) is 9.90 Å². The lowest BCUT2D eigenvalue weighted by molar-refractivity contribution is -0.192. The van der Waals surface area contributed by atoms with Gasteiger partial charge in [0.1, 0.15) is 0 Å². The van der Waals surface area contributed by atoms with Gasteiger partial charge in [0, 0.05) is 44.8 Å². The van der Waals surface area contributed by atoms with Crippen LogP contribution in [0.2, 0.25) is 0 Å². The molecule has 2 aromatic heterocycles. The van der Waals surface area contributed by atoms with E-state index in [9.17, 15) is 22.8 Å². The van der Waals surface area contributed by atoms with E-state index in [0.29, 0.717) is 19.6 Å². The van der Waals surface area contributed by atoms with E-state index < -0.39 is 17.6 Å². The summed E-state index contributed by atoms with van der Waals surface area (Å²) in [5.41, 5.74) is 1.17. The largest absolute Gasteiger partial charge is 0.490 e. The van der Waals surface area contributed by atoms with Gasteiger partial charge in [-0.05, 0) is 25.0 Å². The number of aromatic nitrogens is 3. The summed E-state index contributed by atoms with van der Waals surface area (Å²) >= 11 is 0. The van der Waals surface area contributed by atoms with Crippen molar-refractivity contribution in [1.29, 1.82) is 0 Å². The number of rotatable bonds is 3. The van der Waals surface area contributed by atoms with Gasteiger partial charge in [-0.2, -0.15) is 18.3 Å². The number of carboxylic acids is 1. The number of carbonyl (C=O) groups excluding carboxylic acids is 2. The Kier molecular flexibility index (Phi) is 6.51.